The number of hydrogen-bond donors (Lipinski definition) is 1. The van der Waals surface area contributed by atoms with Crippen molar-refractivity contribution in [3.05, 3.63) is 29.3 Å². The van der Waals surface area contributed by atoms with Crippen molar-refractivity contribution in [1.82, 2.24) is 5.32 Å². The molecular formula is C13H14N2O2. The smallest absolute Gasteiger partial charge is 0.231 e. The molecule has 0 atom stereocenters. The molecule has 0 spiro atoms. The molecule has 3 rings (SSSR count). The zero-order valence-corrected chi connectivity index (χ0v) is 9.69. The van der Waals surface area contributed by atoms with Gasteiger partial charge in [-0.3, -0.25) is 9.59 Å². The molecule has 0 radical (unpaired) electrons. The van der Waals surface area contributed by atoms with Gasteiger partial charge in [0.05, 0.1) is 6.42 Å². The summed E-state index contributed by atoms with van der Waals surface area (Å²) in [5, 5.41) is 3.10. The lowest BCUT2D eigenvalue weighted by molar-refractivity contribution is -0.117. The maximum Gasteiger partial charge on any atom is 0.231 e. The summed E-state index contributed by atoms with van der Waals surface area (Å²) < 4.78 is 0. The van der Waals surface area contributed by atoms with Crippen LogP contribution in [0, 0.1) is 5.92 Å². The SMILES string of the molecule is CN1C(=O)Cc2cc(C(=O)C3CNC3)ccc21. The van der Waals surface area contributed by atoms with Crippen LogP contribution in [0.5, 0.6) is 0 Å². The van der Waals surface area contributed by atoms with E-state index in [-0.39, 0.29) is 17.6 Å². The van der Waals surface area contributed by atoms with E-state index in [0.29, 0.717) is 6.42 Å². The van der Waals surface area contributed by atoms with Crippen molar-refractivity contribution in [3.8, 4) is 0 Å². The van der Waals surface area contributed by atoms with Crippen LogP contribution in [0.4, 0.5) is 5.69 Å². The molecule has 1 fully saturated rings. The van der Waals surface area contributed by atoms with E-state index in [9.17, 15) is 9.59 Å². The van der Waals surface area contributed by atoms with E-state index in [0.717, 1.165) is 29.9 Å². The van der Waals surface area contributed by atoms with Gasteiger partial charge in [-0.15, -0.1) is 0 Å². The van der Waals surface area contributed by atoms with Crippen LogP contribution in [0.3, 0.4) is 0 Å². The van der Waals surface area contributed by atoms with Gasteiger partial charge in [-0.1, -0.05) is 0 Å². The summed E-state index contributed by atoms with van der Waals surface area (Å²) >= 11 is 0. The minimum Gasteiger partial charge on any atom is -0.315 e. The zero-order valence-electron chi connectivity index (χ0n) is 9.69. The van der Waals surface area contributed by atoms with Crippen molar-refractivity contribution >= 4 is 17.4 Å². The number of likely N-dealkylation sites (N-methyl/N-ethyl adjacent to an activating group) is 1. The highest BCUT2D eigenvalue weighted by Crippen LogP contribution is 2.29. The van der Waals surface area contributed by atoms with E-state index < -0.39 is 0 Å². The quantitative estimate of drug-likeness (QED) is 0.757. The molecule has 0 unspecified atom stereocenters. The van der Waals surface area contributed by atoms with Crippen LogP contribution < -0.4 is 10.2 Å². The second-order valence-electron chi connectivity index (χ2n) is 4.69. The molecule has 1 aromatic carbocycles. The monoisotopic (exact) mass is 230 g/mol. The van der Waals surface area contributed by atoms with Crippen LogP contribution in [0.15, 0.2) is 18.2 Å². The Morgan fingerprint density at radius 2 is 2.18 bits per heavy atom. The van der Waals surface area contributed by atoms with Crippen LogP contribution in [0.2, 0.25) is 0 Å². The normalized spacial score (nSPS) is 19.1. The number of nitrogens with zero attached hydrogens (tertiary/aromatic N) is 1. The fraction of sp³-hybridized carbons (Fsp3) is 0.385. The van der Waals surface area contributed by atoms with E-state index >= 15 is 0 Å². The summed E-state index contributed by atoms with van der Waals surface area (Å²) in [6, 6.07) is 5.57. The van der Waals surface area contributed by atoms with Gasteiger partial charge in [0, 0.05) is 37.3 Å². The average molecular weight is 230 g/mol. The van der Waals surface area contributed by atoms with Crippen LogP contribution >= 0.6 is 0 Å². The summed E-state index contributed by atoms with van der Waals surface area (Å²) in [7, 11) is 1.77. The molecule has 1 amide bonds. The van der Waals surface area contributed by atoms with Crippen molar-refractivity contribution < 1.29 is 9.59 Å². The number of hydrogen-bond acceptors (Lipinski definition) is 3. The molecule has 2 aliphatic rings. The Morgan fingerprint density at radius 1 is 1.41 bits per heavy atom. The Bertz CT molecular complexity index is 506. The molecule has 0 aromatic heterocycles. The molecule has 0 saturated carbocycles. The predicted octanol–water partition coefficient (Wildman–Crippen LogP) is 0.608. The Hall–Kier alpha value is -1.68. The molecule has 0 bridgehead atoms. The first-order valence-corrected chi connectivity index (χ1v) is 5.81. The lowest BCUT2D eigenvalue weighted by Gasteiger charge is -2.25. The molecule has 2 heterocycles. The Morgan fingerprint density at radius 3 is 2.82 bits per heavy atom. The number of ketones is 1. The van der Waals surface area contributed by atoms with E-state index in [1.54, 1.807) is 11.9 Å². The number of anilines is 1. The molecule has 1 aromatic rings. The summed E-state index contributed by atoms with van der Waals surface area (Å²) in [6.07, 6.45) is 0.413. The lowest BCUT2D eigenvalue weighted by atomic mass is 9.92. The number of fused-ring (bicyclic) bond motifs is 1. The Balaban J connectivity index is 1.92. The largest absolute Gasteiger partial charge is 0.315 e. The number of Topliss-reactive ketones (excluding diaryl/α,β-unsaturated/α-hetero) is 1. The van der Waals surface area contributed by atoms with Crippen molar-refractivity contribution in [2.75, 3.05) is 25.0 Å². The maximum absolute atomic E-state index is 12.1. The number of carbonyl (C=O) groups is 2. The molecule has 0 aliphatic carbocycles. The van der Waals surface area contributed by atoms with Gasteiger partial charge in [0.1, 0.15) is 0 Å². The predicted molar refractivity (Wildman–Crippen MR) is 64.2 cm³/mol. The third-order valence-corrected chi connectivity index (χ3v) is 3.59. The summed E-state index contributed by atoms with van der Waals surface area (Å²) in [4.78, 5) is 25.2. The van der Waals surface area contributed by atoms with Crippen LogP contribution in [0.25, 0.3) is 0 Å². The van der Waals surface area contributed by atoms with Gasteiger partial charge in [0.15, 0.2) is 5.78 Å². The molecule has 4 nitrogen and oxygen atoms in total. The van der Waals surface area contributed by atoms with Crippen molar-refractivity contribution in [1.29, 1.82) is 0 Å². The highest BCUT2D eigenvalue weighted by atomic mass is 16.2. The van der Waals surface area contributed by atoms with Crippen molar-refractivity contribution in [2.45, 2.75) is 6.42 Å². The summed E-state index contributed by atoms with van der Waals surface area (Å²) in [6.45, 7) is 1.55. The van der Waals surface area contributed by atoms with Gasteiger partial charge in [-0.05, 0) is 23.8 Å². The molecular weight excluding hydrogens is 216 g/mol. The number of benzene rings is 1. The van der Waals surface area contributed by atoms with Gasteiger partial charge in [-0.25, -0.2) is 0 Å². The molecule has 4 heteroatoms. The summed E-state index contributed by atoms with van der Waals surface area (Å²) in [5.74, 6) is 0.395. The van der Waals surface area contributed by atoms with Crippen LogP contribution in [0.1, 0.15) is 15.9 Å². The Labute approximate surface area is 99.6 Å². The minimum atomic E-state index is 0.0925. The second kappa shape index (κ2) is 3.67. The van der Waals surface area contributed by atoms with Gasteiger partial charge >= 0.3 is 0 Å². The standard InChI is InChI=1S/C13H14N2O2/c1-15-11-3-2-8(4-9(11)5-12(15)16)13(17)10-6-14-7-10/h2-4,10,14H,5-7H2,1H3. The van der Waals surface area contributed by atoms with Crippen LogP contribution in [-0.4, -0.2) is 31.8 Å². The van der Waals surface area contributed by atoms with Crippen molar-refractivity contribution in [3.63, 3.8) is 0 Å². The average Bonchev–Trinajstić information content (AvgIpc) is 2.52. The number of rotatable bonds is 2. The first kappa shape index (κ1) is 10.5. The van der Waals surface area contributed by atoms with E-state index in [1.807, 2.05) is 18.2 Å². The van der Waals surface area contributed by atoms with E-state index in [4.69, 9.17) is 0 Å². The molecule has 1 N–H and O–H groups in total. The highest BCUT2D eigenvalue weighted by molar-refractivity contribution is 6.04. The van der Waals surface area contributed by atoms with Crippen LogP contribution in [-0.2, 0) is 11.2 Å². The van der Waals surface area contributed by atoms with Gasteiger partial charge in [-0.2, -0.15) is 0 Å². The minimum absolute atomic E-state index is 0.0925. The Kier molecular flexibility index (Phi) is 2.26. The first-order chi connectivity index (χ1) is 8.16. The number of carbonyl (C=O) groups excluding carboxylic acids is 2. The van der Waals surface area contributed by atoms with E-state index in [2.05, 4.69) is 5.32 Å². The highest BCUT2D eigenvalue weighted by Gasteiger charge is 2.29. The fourth-order valence-electron chi connectivity index (χ4n) is 2.33. The molecule has 17 heavy (non-hydrogen) atoms. The lowest BCUT2D eigenvalue weighted by Crippen LogP contribution is -2.46. The van der Waals surface area contributed by atoms with Gasteiger partial charge < -0.3 is 10.2 Å². The van der Waals surface area contributed by atoms with Gasteiger partial charge in [0.2, 0.25) is 5.91 Å². The van der Waals surface area contributed by atoms with E-state index in [1.165, 1.54) is 0 Å². The topological polar surface area (TPSA) is 49.4 Å². The zero-order chi connectivity index (χ0) is 12.0. The van der Waals surface area contributed by atoms with Crippen molar-refractivity contribution in [2.24, 2.45) is 5.92 Å². The maximum atomic E-state index is 12.1. The molecule has 88 valence electrons. The number of amides is 1. The summed E-state index contributed by atoms with van der Waals surface area (Å²) in [5.41, 5.74) is 2.63. The first-order valence-electron chi connectivity index (χ1n) is 5.81. The number of nitrogens with one attached hydrogen (secondary N) is 1. The molecule has 2 aliphatic heterocycles. The third-order valence-electron chi connectivity index (χ3n) is 3.59. The van der Waals surface area contributed by atoms with Gasteiger partial charge in [0.25, 0.3) is 0 Å². The second-order valence-corrected chi connectivity index (χ2v) is 4.69. The molecule has 1 saturated heterocycles. The third kappa shape index (κ3) is 1.56. The fourth-order valence-corrected chi connectivity index (χ4v) is 2.33.